The first-order valence-corrected chi connectivity index (χ1v) is 13.8. The molecule has 2 aliphatic rings. The fourth-order valence-electron chi connectivity index (χ4n) is 6.58. The van der Waals surface area contributed by atoms with E-state index in [4.69, 9.17) is 0 Å². The Morgan fingerprint density at radius 3 is 2.43 bits per heavy atom. The van der Waals surface area contributed by atoms with Crippen LogP contribution in [-0.4, -0.2) is 65.1 Å². The molecule has 0 radical (unpaired) electrons. The molecule has 0 spiro atoms. The molecule has 1 atom stereocenters. The van der Waals surface area contributed by atoms with Gasteiger partial charge in [0.05, 0.1) is 16.8 Å². The van der Waals surface area contributed by atoms with Crippen molar-refractivity contribution in [2.24, 2.45) is 5.92 Å². The summed E-state index contributed by atoms with van der Waals surface area (Å²) in [6.07, 6.45) is 8.12. The number of fused-ring (bicyclic) bond motifs is 1. The number of carboxylic acid groups (broad SMARTS) is 1. The lowest BCUT2D eigenvalue weighted by atomic mass is 9.82. The highest BCUT2D eigenvalue weighted by atomic mass is 16.4. The van der Waals surface area contributed by atoms with E-state index in [2.05, 4.69) is 35.7 Å². The molecule has 196 valence electrons. The summed E-state index contributed by atoms with van der Waals surface area (Å²) in [6.45, 7) is 2.79. The van der Waals surface area contributed by atoms with Gasteiger partial charge in [0.25, 0.3) is 0 Å². The van der Waals surface area contributed by atoms with Gasteiger partial charge in [0.2, 0.25) is 5.91 Å². The van der Waals surface area contributed by atoms with Crippen molar-refractivity contribution < 1.29 is 14.7 Å². The van der Waals surface area contributed by atoms with E-state index in [0.29, 0.717) is 11.8 Å². The third-order valence-electron chi connectivity index (χ3n) is 8.20. The standard InChI is InChI=1S/C31H39N3O3/c1-32(2)19-22-10-9-17-33(20-22)28(35)21-34-27-18-25(31(36)37)15-16-26(27)29(23-11-5-3-6-12-23)30(34)24-13-7-4-8-14-24/h4,7-8,13-16,18,22-23H,3,5-6,9-12,17,19-21H2,1-2H3,(H,36,37). The Kier molecular flexibility index (Phi) is 7.65. The summed E-state index contributed by atoms with van der Waals surface area (Å²) in [4.78, 5) is 30.0. The molecule has 1 saturated carbocycles. The molecule has 0 bridgehead atoms. The van der Waals surface area contributed by atoms with Crippen LogP contribution in [0, 0.1) is 5.92 Å². The number of carbonyl (C=O) groups excluding carboxylic acids is 1. The van der Waals surface area contributed by atoms with Crippen LogP contribution in [0.5, 0.6) is 0 Å². The zero-order valence-electron chi connectivity index (χ0n) is 22.2. The highest BCUT2D eigenvalue weighted by Crippen LogP contribution is 2.44. The molecule has 2 aromatic carbocycles. The monoisotopic (exact) mass is 501 g/mol. The van der Waals surface area contributed by atoms with Gasteiger partial charge in [-0.1, -0.05) is 55.7 Å². The number of benzene rings is 2. The Morgan fingerprint density at radius 1 is 0.973 bits per heavy atom. The van der Waals surface area contributed by atoms with Crippen molar-refractivity contribution in [1.29, 1.82) is 0 Å². The largest absolute Gasteiger partial charge is 0.478 e. The second-order valence-corrected chi connectivity index (χ2v) is 11.2. The van der Waals surface area contributed by atoms with Gasteiger partial charge < -0.3 is 19.5 Å². The number of aromatic carboxylic acids is 1. The normalized spacial score (nSPS) is 19.0. The fraction of sp³-hybridized carbons (Fsp3) is 0.484. The maximum absolute atomic E-state index is 13.8. The first-order valence-electron chi connectivity index (χ1n) is 13.8. The SMILES string of the molecule is CN(C)CC1CCCN(C(=O)Cn2c(-c3ccccc3)c(C3CCCCC3)c3ccc(C(=O)O)cc32)C1. The maximum Gasteiger partial charge on any atom is 0.335 e. The van der Waals surface area contributed by atoms with Crippen LogP contribution >= 0.6 is 0 Å². The van der Waals surface area contributed by atoms with E-state index < -0.39 is 5.97 Å². The molecule has 1 unspecified atom stereocenters. The minimum Gasteiger partial charge on any atom is -0.478 e. The van der Waals surface area contributed by atoms with Crippen LogP contribution in [0.1, 0.15) is 66.8 Å². The van der Waals surface area contributed by atoms with E-state index in [1.807, 2.05) is 29.2 Å². The Hall–Kier alpha value is -3.12. The summed E-state index contributed by atoms with van der Waals surface area (Å²) in [5, 5.41) is 10.9. The molecule has 1 aliphatic heterocycles. The van der Waals surface area contributed by atoms with Gasteiger partial charge in [-0.25, -0.2) is 4.79 Å². The molecule has 6 nitrogen and oxygen atoms in total. The van der Waals surface area contributed by atoms with Crippen molar-refractivity contribution in [1.82, 2.24) is 14.4 Å². The van der Waals surface area contributed by atoms with Gasteiger partial charge >= 0.3 is 5.97 Å². The van der Waals surface area contributed by atoms with Crippen LogP contribution in [0.3, 0.4) is 0 Å². The van der Waals surface area contributed by atoms with Gasteiger partial charge in [-0.05, 0) is 74.9 Å². The summed E-state index contributed by atoms with van der Waals surface area (Å²) in [5.74, 6) is 0.0783. The molecule has 2 fully saturated rings. The Labute approximate surface area is 219 Å². The highest BCUT2D eigenvalue weighted by Gasteiger charge is 2.30. The average Bonchev–Trinajstić information content (AvgIpc) is 3.22. The van der Waals surface area contributed by atoms with Crippen molar-refractivity contribution in [2.45, 2.75) is 57.4 Å². The molecular formula is C31H39N3O3. The van der Waals surface area contributed by atoms with Gasteiger partial charge in [0.15, 0.2) is 0 Å². The van der Waals surface area contributed by atoms with Gasteiger partial charge in [-0.2, -0.15) is 0 Å². The zero-order valence-corrected chi connectivity index (χ0v) is 22.2. The van der Waals surface area contributed by atoms with Crippen molar-refractivity contribution in [3.63, 3.8) is 0 Å². The van der Waals surface area contributed by atoms with Crippen LogP contribution < -0.4 is 0 Å². The summed E-state index contributed by atoms with van der Waals surface area (Å²) in [5.41, 5.74) is 4.58. The Balaban J connectivity index is 1.61. The molecule has 5 rings (SSSR count). The average molecular weight is 502 g/mol. The van der Waals surface area contributed by atoms with Crippen molar-refractivity contribution >= 4 is 22.8 Å². The third kappa shape index (κ3) is 5.45. The van der Waals surface area contributed by atoms with E-state index in [9.17, 15) is 14.7 Å². The Morgan fingerprint density at radius 2 is 1.73 bits per heavy atom. The maximum atomic E-state index is 13.8. The number of carboxylic acids is 1. The highest BCUT2D eigenvalue weighted by molar-refractivity contribution is 5.99. The van der Waals surface area contributed by atoms with Gasteiger partial charge in [0, 0.05) is 25.0 Å². The predicted octanol–water partition coefficient (Wildman–Crippen LogP) is 5.85. The van der Waals surface area contributed by atoms with Crippen LogP contribution in [0.25, 0.3) is 22.2 Å². The van der Waals surface area contributed by atoms with Gasteiger partial charge in [-0.3, -0.25) is 4.79 Å². The lowest BCUT2D eigenvalue weighted by Crippen LogP contribution is -2.44. The van der Waals surface area contributed by atoms with E-state index >= 15 is 0 Å². The minimum atomic E-state index is -0.941. The molecule has 1 amide bonds. The molecule has 3 aromatic rings. The van der Waals surface area contributed by atoms with Gasteiger partial charge in [-0.15, -0.1) is 0 Å². The number of amides is 1. The van der Waals surface area contributed by atoms with Crippen LogP contribution in [0.15, 0.2) is 48.5 Å². The molecular weight excluding hydrogens is 462 g/mol. The van der Waals surface area contributed by atoms with Crippen LogP contribution in [-0.2, 0) is 11.3 Å². The molecule has 6 heteroatoms. The van der Waals surface area contributed by atoms with E-state index in [1.165, 1.54) is 24.8 Å². The zero-order chi connectivity index (χ0) is 25.9. The topological polar surface area (TPSA) is 65.8 Å². The molecule has 1 aromatic heterocycles. The number of aromatic nitrogens is 1. The predicted molar refractivity (Wildman–Crippen MR) is 148 cm³/mol. The quantitative estimate of drug-likeness (QED) is 0.441. The lowest BCUT2D eigenvalue weighted by Gasteiger charge is -2.34. The number of hydrogen-bond acceptors (Lipinski definition) is 3. The molecule has 2 heterocycles. The number of carbonyl (C=O) groups is 2. The Bertz CT molecular complexity index is 1260. The molecule has 1 aliphatic carbocycles. The summed E-state index contributed by atoms with van der Waals surface area (Å²) >= 11 is 0. The number of hydrogen-bond donors (Lipinski definition) is 1. The fourth-order valence-corrected chi connectivity index (χ4v) is 6.58. The van der Waals surface area contributed by atoms with Crippen LogP contribution in [0.2, 0.25) is 0 Å². The smallest absolute Gasteiger partial charge is 0.335 e. The first kappa shape index (κ1) is 25.5. The lowest BCUT2D eigenvalue weighted by molar-refractivity contribution is -0.133. The first-order chi connectivity index (χ1) is 17.9. The van der Waals surface area contributed by atoms with Crippen molar-refractivity contribution in [3.05, 3.63) is 59.7 Å². The van der Waals surface area contributed by atoms with E-state index in [-0.39, 0.29) is 18.0 Å². The van der Waals surface area contributed by atoms with Gasteiger partial charge in [0.1, 0.15) is 6.54 Å². The number of rotatable bonds is 7. The summed E-state index contributed by atoms with van der Waals surface area (Å²) in [6, 6.07) is 15.8. The van der Waals surface area contributed by atoms with E-state index in [1.54, 1.807) is 12.1 Å². The summed E-state index contributed by atoms with van der Waals surface area (Å²) < 4.78 is 2.12. The number of likely N-dealkylation sites (tertiary alicyclic amines) is 1. The summed E-state index contributed by atoms with van der Waals surface area (Å²) in [7, 11) is 4.18. The second kappa shape index (κ2) is 11.1. The number of piperidine rings is 1. The second-order valence-electron chi connectivity index (χ2n) is 11.2. The van der Waals surface area contributed by atoms with Crippen molar-refractivity contribution in [2.75, 3.05) is 33.7 Å². The minimum absolute atomic E-state index is 0.119. The number of nitrogens with zero attached hydrogens (tertiary/aromatic N) is 3. The van der Waals surface area contributed by atoms with Crippen LogP contribution in [0.4, 0.5) is 0 Å². The third-order valence-corrected chi connectivity index (χ3v) is 8.20. The molecule has 1 N–H and O–H groups in total. The van der Waals surface area contributed by atoms with Crippen molar-refractivity contribution in [3.8, 4) is 11.3 Å². The molecule has 37 heavy (non-hydrogen) atoms. The molecule has 1 saturated heterocycles. The van der Waals surface area contributed by atoms with E-state index in [0.717, 1.165) is 67.5 Å².